The number of nitrogens with zero attached hydrogens (tertiary/aromatic N) is 2. The summed E-state index contributed by atoms with van der Waals surface area (Å²) in [6.45, 7) is 4.24. The smallest absolute Gasteiger partial charge is 0.257 e. The van der Waals surface area contributed by atoms with Gasteiger partial charge < -0.3 is 14.4 Å². The lowest BCUT2D eigenvalue weighted by Gasteiger charge is -2.28. The first-order valence-corrected chi connectivity index (χ1v) is 10.1. The van der Waals surface area contributed by atoms with Crippen molar-refractivity contribution in [3.05, 3.63) is 53.6 Å². The molecule has 3 amide bonds. The molecule has 2 aliphatic rings. The molecule has 4 rings (SSSR count). The van der Waals surface area contributed by atoms with Crippen molar-refractivity contribution in [1.29, 1.82) is 0 Å². The van der Waals surface area contributed by atoms with Gasteiger partial charge in [-0.15, -0.1) is 0 Å². The van der Waals surface area contributed by atoms with Crippen molar-refractivity contribution in [2.75, 3.05) is 11.7 Å². The van der Waals surface area contributed by atoms with E-state index in [1.165, 1.54) is 9.80 Å². The Morgan fingerprint density at radius 2 is 1.83 bits per heavy atom. The number of amides is 3. The fourth-order valence-electron chi connectivity index (χ4n) is 3.79. The maximum Gasteiger partial charge on any atom is 0.257 e. The standard InChI is InChI=1S/C23H24N2O5/c1-3-4-21(26)24(13-16-7-10-19-20(11-16)30-14-29-19)18-12-22(27)25(23(18)28)17-8-5-15(2)6-9-17/h5-11,18H,3-4,12-14H2,1-2H3. The molecule has 0 saturated carbocycles. The zero-order chi connectivity index (χ0) is 21.3. The summed E-state index contributed by atoms with van der Waals surface area (Å²) >= 11 is 0. The summed E-state index contributed by atoms with van der Waals surface area (Å²) in [6.07, 6.45) is 0.951. The second-order valence-corrected chi connectivity index (χ2v) is 7.58. The van der Waals surface area contributed by atoms with E-state index < -0.39 is 6.04 Å². The fourth-order valence-corrected chi connectivity index (χ4v) is 3.79. The average molecular weight is 408 g/mol. The number of hydrogen-bond acceptors (Lipinski definition) is 5. The minimum atomic E-state index is -0.816. The van der Waals surface area contributed by atoms with Crippen LogP contribution in [0.2, 0.25) is 0 Å². The van der Waals surface area contributed by atoms with Crippen molar-refractivity contribution >= 4 is 23.4 Å². The maximum atomic E-state index is 13.2. The van der Waals surface area contributed by atoms with Crippen LogP contribution in [0.3, 0.4) is 0 Å². The third kappa shape index (κ3) is 3.75. The number of ether oxygens (including phenoxy) is 2. The Balaban J connectivity index is 1.60. The van der Waals surface area contributed by atoms with Crippen molar-refractivity contribution in [1.82, 2.24) is 4.90 Å². The summed E-state index contributed by atoms with van der Waals surface area (Å²) in [4.78, 5) is 41.5. The van der Waals surface area contributed by atoms with Gasteiger partial charge >= 0.3 is 0 Å². The van der Waals surface area contributed by atoms with Crippen molar-refractivity contribution in [3.8, 4) is 11.5 Å². The Morgan fingerprint density at radius 3 is 2.57 bits per heavy atom. The van der Waals surface area contributed by atoms with Gasteiger partial charge in [0.1, 0.15) is 6.04 Å². The van der Waals surface area contributed by atoms with Crippen LogP contribution in [0.1, 0.15) is 37.3 Å². The molecule has 2 aliphatic heterocycles. The first-order valence-electron chi connectivity index (χ1n) is 10.1. The number of imide groups is 1. The highest BCUT2D eigenvalue weighted by Gasteiger charge is 2.44. The maximum absolute atomic E-state index is 13.2. The van der Waals surface area contributed by atoms with Gasteiger partial charge in [-0.25, -0.2) is 4.90 Å². The van der Waals surface area contributed by atoms with E-state index in [1.54, 1.807) is 18.2 Å². The van der Waals surface area contributed by atoms with E-state index in [0.29, 0.717) is 30.0 Å². The van der Waals surface area contributed by atoms with Gasteiger partial charge in [-0.3, -0.25) is 14.4 Å². The molecular weight excluding hydrogens is 384 g/mol. The van der Waals surface area contributed by atoms with Crippen LogP contribution >= 0.6 is 0 Å². The first kappa shape index (κ1) is 19.9. The number of rotatable bonds is 6. The number of carbonyl (C=O) groups excluding carboxylic acids is 3. The van der Waals surface area contributed by atoms with Gasteiger partial charge in [0.05, 0.1) is 12.1 Å². The third-order valence-electron chi connectivity index (χ3n) is 5.37. The van der Waals surface area contributed by atoms with Crippen LogP contribution in [0.15, 0.2) is 42.5 Å². The van der Waals surface area contributed by atoms with Gasteiger partial charge in [-0.05, 0) is 43.2 Å². The van der Waals surface area contributed by atoms with Crippen molar-refractivity contribution in [2.24, 2.45) is 0 Å². The minimum absolute atomic E-state index is 0.0211. The molecule has 7 nitrogen and oxygen atoms in total. The summed E-state index contributed by atoms with van der Waals surface area (Å²) < 4.78 is 10.8. The zero-order valence-corrected chi connectivity index (χ0v) is 17.1. The lowest BCUT2D eigenvalue weighted by Crippen LogP contribution is -2.45. The number of benzene rings is 2. The largest absolute Gasteiger partial charge is 0.454 e. The molecule has 0 aromatic heterocycles. The first-order chi connectivity index (χ1) is 14.5. The topological polar surface area (TPSA) is 76.2 Å². The lowest BCUT2D eigenvalue weighted by molar-refractivity contribution is -0.139. The minimum Gasteiger partial charge on any atom is -0.454 e. The molecule has 7 heteroatoms. The van der Waals surface area contributed by atoms with Crippen LogP contribution in [0.5, 0.6) is 11.5 Å². The predicted molar refractivity (Wildman–Crippen MR) is 110 cm³/mol. The molecular formula is C23H24N2O5. The molecule has 0 aliphatic carbocycles. The molecule has 1 atom stereocenters. The Bertz CT molecular complexity index is 986. The summed E-state index contributed by atoms with van der Waals surface area (Å²) in [5, 5.41) is 0. The van der Waals surface area contributed by atoms with Crippen LogP contribution < -0.4 is 14.4 Å². The normalized spacial score (nSPS) is 17.5. The molecule has 1 unspecified atom stereocenters. The quantitative estimate of drug-likeness (QED) is 0.686. The number of aryl methyl sites for hydroxylation is 1. The van der Waals surface area contributed by atoms with Gasteiger partial charge in [-0.1, -0.05) is 30.7 Å². The zero-order valence-electron chi connectivity index (χ0n) is 17.1. The molecule has 0 N–H and O–H groups in total. The Hall–Kier alpha value is -3.35. The highest BCUT2D eigenvalue weighted by Crippen LogP contribution is 2.34. The fraction of sp³-hybridized carbons (Fsp3) is 0.348. The van der Waals surface area contributed by atoms with Crippen LogP contribution in [-0.2, 0) is 20.9 Å². The van der Waals surface area contributed by atoms with Crippen LogP contribution in [0.25, 0.3) is 0 Å². The second kappa shape index (κ2) is 8.18. The van der Waals surface area contributed by atoms with Gasteiger partial charge in [0.15, 0.2) is 11.5 Å². The van der Waals surface area contributed by atoms with Gasteiger partial charge in [-0.2, -0.15) is 0 Å². The lowest BCUT2D eigenvalue weighted by atomic mass is 10.1. The van der Waals surface area contributed by atoms with Crippen LogP contribution in [0.4, 0.5) is 5.69 Å². The number of hydrogen-bond donors (Lipinski definition) is 0. The molecule has 2 aromatic rings. The molecule has 0 spiro atoms. The van der Waals surface area contributed by atoms with E-state index >= 15 is 0 Å². The molecule has 30 heavy (non-hydrogen) atoms. The molecule has 0 radical (unpaired) electrons. The number of carbonyl (C=O) groups is 3. The van der Waals surface area contributed by atoms with E-state index in [4.69, 9.17) is 9.47 Å². The highest BCUT2D eigenvalue weighted by molar-refractivity contribution is 6.23. The van der Waals surface area contributed by atoms with E-state index in [2.05, 4.69) is 0 Å². The highest BCUT2D eigenvalue weighted by atomic mass is 16.7. The monoisotopic (exact) mass is 408 g/mol. The second-order valence-electron chi connectivity index (χ2n) is 7.58. The van der Waals surface area contributed by atoms with E-state index in [-0.39, 0.29) is 37.5 Å². The van der Waals surface area contributed by atoms with Crippen LogP contribution in [0, 0.1) is 6.92 Å². The summed E-state index contributed by atoms with van der Waals surface area (Å²) in [5.41, 5.74) is 2.39. The SMILES string of the molecule is CCCC(=O)N(Cc1ccc2c(c1)OCO2)C1CC(=O)N(c2ccc(C)cc2)C1=O. The number of anilines is 1. The molecule has 156 valence electrons. The predicted octanol–water partition coefficient (Wildman–Crippen LogP) is 3.18. The molecule has 2 aromatic carbocycles. The average Bonchev–Trinajstić information content (AvgIpc) is 3.31. The van der Waals surface area contributed by atoms with Gasteiger partial charge in [0, 0.05) is 13.0 Å². The summed E-state index contributed by atoms with van der Waals surface area (Å²) in [5.74, 6) is 0.461. The summed E-state index contributed by atoms with van der Waals surface area (Å²) in [6, 6.07) is 11.9. The van der Waals surface area contributed by atoms with Gasteiger partial charge in [0.25, 0.3) is 5.91 Å². The number of fused-ring (bicyclic) bond motifs is 1. The van der Waals surface area contributed by atoms with E-state index in [9.17, 15) is 14.4 Å². The summed E-state index contributed by atoms with van der Waals surface area (Å²) in [7, 11) is 0. The van der Waals surface area contributed by atoms with Crippen molar-refractivity contribution in [3.63, 3.8) is 0 Å². The van der Waals surface area contributed by atoms with E-state index in [0.717, 1.165) is 11.1 Å². The Labute approximate surface area is 175 Å². The van der Waals surface area contributed by atoms with Crippen LogP contribution in [-0.4, -0.2) is 35.5 Å². The third-order valence-corrected chi connectivity index (χ3v) is 5.37. The van der Waals surface area contributed by atoms with E-state index in [1.807, 2.05) is 38.1 Å². The Morgan fingerprint density at radius 1 is 1.10 bits per heavy atom. The Kier molecular flexibility index (Phi) is 5.44. The molecule has 2 heterocycles. The molecule has 1 fully saturated rings. The molecule has 0 bridgehead atoms. The van der Waals surface area contributed by atoms with Gasteiger partial charge in [0.2, 0.25) is 18.6 Å². The molecule has 1 saturated heterocycles. The van der Waals surface area contributed by atoms with Crippen molar-refractivity contribution < 1.29 is 23.9 Å². The van der Waals surface area contributed by atoms with Crippen molar-refractivity contribution in [2.45, 2.75) is 45.7 Å².